The molecule has 2 aromatic rings. The van der Waals surface area contributed by atoms with Crippen LogP contribution in [0.4, 0.5) is 5.69 Å². The molecule has 0 fully saturated rings. The maximum Gasteiger partial charge on any atom is 0.240 e. The molecular formula is C19H20BrN3O2. The van der Waals surface area contributed by atoms with Gasteiger partial charge in [-0.2, -0.15) is 5.10 Å². The van der Waals surface area contributed by atoms with Gasteiger partial charge in [-0.25, -0.2) is 5.43 Å². The molecular weight excluding hydrogens is 382 g/mol. The van der Waals surface area contributed by atoms with Crippen molar-refractivity contribution < 1.29 is 9.59 Å². The molecule has 0 unspecified atom stereocenters. The van der Waals surface area contributed by atoms with Crippen LogP contribution in [-0.2, 0) is 9.59 Å². The van der Waals surface area contributed by atoms with E-state index in [0.29, 0.717) is 5.71 Å². The fourth-order valence-electron chi connectivity index (χ4n) is 2.05. The van der Waals surface area contributed by atoms with E-state index in [1.807, 2.05) is 62.4 Å². The molecule has 0 spiro atoms. The first kappa shape index (κ1) is 18.9. The molecule has 0 aliphatic carbocycles. The second-order valence-corrected chi connectivity index (χ2v) is 6.57. The van der Waals surface area contributed by atoms with Crippen LogP contribution < -0.4 is 10.7 Å². The van der Waals surface area contributed by atoms with Crippen LogP contribution in [-0.4, -0.2) is 17.5 Å². The van der Waals surface area contributed by atoms with Gasteiger partial charge < -0.3 is 5.32 Å². The Bertz CT molecular complexity index is 768. The largest absolute Gasteiger partial charge is 0.326 e. The quantitative estimate of drug-likeness (QED) is 0.566. The molecule has 0 saturated carbocycles. The highest BCUT2D eigenvalue weighted by Gasteiger charge is 2.07. The van der Waals surface area contributed by atoms with Crippen molar-refractivity contribution in [2.75, 3.05) is 5.32 Å². The maximum atomic E-state index is 11.9. The molecule has 0 saturated heterocycles. The molecule has 25 heavy (non-hydrogen) atoms. The third-order valence-electron chi connectivity index (χ3n) is 3.52. The molecule has 130 valence electrons. The third kappa shape index (κ3) is 6.51. The van der Waals surface area contributed by atoms with E-state index in [0.717, 1.165) is 21.3 Å². The maximum absolute atomic E-state index is 11.9. The summed E-state index contributed by atoms with van der Waals surface area (Å²) in [4.78, 5) is 23.7. The molecule has 0 bridgehead atoms. The highest BCUT2D eigenvalue weighted by molar-refractivity contribution is 9.10. The van der Waals surface area contributed by atoms with Crippen LogP contribution in [0.15, 0.2) is 58.1 Å². The van der Waals surface area contributed by atoms with Gasteiger partial charge in [0.15, 0.2) is 0 Å². The fourth-order valence-corrected chi connectivity index (χ4v) is 2.31. The molecule has 2 aromatic carbocycles. The van der Waals surface area contributed by atoms with Gasteiger partial charge in [-0.15, -0.1) is 0 Å². The summed E-state index contributed by atoms with van der Waals surface area (Å²) in [7, 11) is 0. The summed E-state index contributed by atoms with van der Waals surface area (Å²) in [5.41, 5.74) is 5.94. The molecule has 0 radical (unpaired) electrons. The van der Waals surface area contributed by atoms with Gasteiger partial charge in [0.2, 0.25) is 11.8 Å². The smallest absolute Gasteiger partial charge is 0.240 e. The van der Waals surface area contributed by atoms with Crippen molar-refractivity contribution in [3.8, 4) is 0 Å². The SMILES string of the molecule is CC(=NNC(=O)CCC(=O)Nc1ccc(C)cc1)c1ccc(Br)cc1. The van der Waals surface area contributed by atoms with E-state index < -0.39 is 0 Å². The Hall–Kier alpha value is -2.47. The number of carbonyl (C=O) groups is 2. The van der Waals surface area contributed by atoms with Crippen LogP contribution in [0.1, 0.15) is 30.9 Å². The van der Waals surface area contributed by atoms with E-state index in [4.69, 9.17) is 0 Å². The normalized spacial score (nSPS) is 11.1. The van der Waals surface area contributed by atoms with Gasteiger partial charge in [0.1, 0.15) is 0 Å². The van der Waals surface area contributed by atoms with Crippen LogP contribution in [0.3, 0.4) is 0 Å². The van der Waals surface area contributed by atoms with Crippen molar-refractivity contribution in [2.24, 2.45) is 5.10 Å². The topological polar surface area (TPSA) is 70.6 Å². The molecule has 0 aliphatic heterocycles. The van der Waals surface area contributed by atoms with Crippen LogP contribution in [0.2, 0.25) is 0 Å². The molecule has 0 atom stereocenters. The van der Waals surface area contributed by atoms with Gasteiger partial charge in [-0.05, 0) is 43.7 Å². The summed E-state index contributed by atoms with van der Waals surface area (Å²) in [6.45, 7) is 3.79. The zero-order chi connectivity index (χ0) is 18.2. The van der Waals surface area contributed by atoms with Crippen LogP contribution in [0.5, 0.6) is 0 Å². The van der Waals surface area contributed by atoms with Crippen molar-refractivity contribution in [2.45, 2.75) is 26.7 Å². The lowest BCUT2D eigenvalue weighted by molar-refractivity contribution is -0.124. The van der Waals surface area contributed by atoms with Gasteiger partial charge in [0.25, 0.3) is 0 Å². The second-order valence-electron chi connectivity index (χ2n) is 5.65. The summed E-state index contributed by atoms with van der Waals surface area (Å²) in [5, 5.41) is 6.83. The molecule has 2 N–H and O–H groups in total. The van der Waals surface area contributed by atoms with Crippen molar-refractivity contribution >= 4 is 39.1 Å². The molecule has 2 amide bonds. The lowest BCUT2D eigenvalue weighted by atomic mass is 10.1. The van der Waals surface area contributed by atoms with E-state index in [9.17, 15) is 9.59 Å². The van der Waals surface area contributed by atoms with Gasteiger partial charge in [-0.1, -0.05) is 45.8 Å². The highest BCUT2D eigenvalue weighted by Crippen LogP contribution is 2.11. The Balaban J connectivity index is 1.77. The standard InChI is InChI=1S/C19H20BrN3O2/c1-13-3-9-17(10-4-13)21-18(24)11-12-19(25)23-22-14(2)15-5-7-16(20)8-6-15/h3-10H,11-12H2,1-2H3,(H,21,24)(H,23,25). The van der Waals surface area contributed by atoms with Crippen molar-refractivity contribution in [3.05, 3.63) is 64.1 Å². The number of carbonyl (C=O) groups excluding carboxylic acids is 2. The number of hydrogen-bond acceptors (Lipinski definition) is 3. The minimum atomic E-state index is -0.296. The summed E-state index contributed by atoms with van der Waals surface area (Å²) < 4.78 is 0.979. The average molecular weight is 402 g/mol. The molecule has 0 aliphatic rings. The monoisotopic (exact) mass is 401 g/mol. The number of nitrogens with zero attached hydrogens (tertiary/aromatic N) is 1. The Labute approximate surface area is 155 Å². The van der Waals surface area contributed by atoms with Crippen LogP contribution in [0.25, 0.3) is 0 Å². The number of aryl methyl sites for hydroxylation is 1. The van der Waals surface area contributed by atoms with Gasteiger partial charge in [0.05, 0.1) is 5.71 Å². The number of nitrogens with one attached hydrogen (secondary N) is 2. The fraction of sp³-hybridized carbons (Fsp3) is 0.211. The first-order chi connectivity index (χ1) is 11.9. The van der Waals surface area contributed by atoms with E-state index in [1.165, 1.54) is 0 Å². The van der Waals surface area contributed by atoms with Crippen LogP contribution in [0, 0.1) is 6.92 Å². The predicted octanol–water partition coefficient (Wildman–Crippen LogP) is 4.02. The summed E-state index contributed by atoms with van der Waals surface area (Å²) in [5.74, 6) is -0.497. The number of benzene rings is 2. The van der Waals surface area contributed by atoms with Crippen LogP contribution >= 0.6 is 15.9 Å². The molecule has 0 aromatic heterocycles. The minimum Gasteiger partial charge on any atom is -0.326 e. The molecule has 6 heteroatoms. The Morgan fingerprint density at radius 1 is 0.960 bits per heavy atom. The molecule has 0 heterocycles. The zero-order valence-electron chi connectivity index (χ0n) is 14.2. The van der Waals surface area contributed by atoms with Gasteiger partial charge in [0, 0.05) is 23.0 Å². The van der Waals surface area contributed by atoms with E-state index >= 15 is 0 Å². The lowest BCUT2D eigenvalue weighted by Gasteiger charge is -2.06. The van der Waals surface area contributed by atoms with Gasteiger partial charge >= 0.3 is 0 Å². The first-order valence-corrected chi connectivity index (χ1v) is 8.69. The van der Waals surface area contributed by atoms with E-state index in [1.54, 1.807) is 0 Å². The first-order valence-electron chi connectivity index (χ1n) is 7.89. The Morgan fingerprint density at radius 2 is 1.56 bits per heavy atom. The van der Waals surface area contributed by atoms with E-state index in [-0.39, 0.29) is 24.7 Å². The van der Waals surface area contributed by atoms with Crippen molar-refractivity contribution in [1.29, 1.82) is 0 Å². The highest BCUT2D eigenvalue weighted by atomic mass is 79.9. The number of anilines is 1. The number of amides is 2. The van der Waals surface area contributed by atoms with Crippen molar-refractivity contribution in [3.63, 3.8) is 0 Å². The zero-order valence-corrected chi connectivity index (χ0v) is 15.8. The summed E-state index contributed by atoms with van der Waals surface area (Å²) >= 11 is 3.37. The van der Waals surface area contributed by atoms with Gasteiger partial charge in [-0.3, -0.25) is 9.59 Å². The molecule has 2 rings (SSSR count). The minimum absolute atomic E-state index is 0.0782. The second kappa shape index (κ2) is 9.13. The Kier molecular flexibility index (Phi) is 6.89. The summed E-state index contributed by atoms with van der Waals surface area (Å²) in [6, 6.07) is 15.1. The predicted molar refractivity (Wildman–Crippen MR) is 104 cm³/mol. The van der Waals surface area contributed by atoms with Crippen molar-refractivity contribution in [1.82, 2.24) is 5.43 Å². The summed E-state index contributed by atoms with van der Waals surface area (Å²) in [6.07, 6.45) is 0.182. The third-order valence-corrected chi connectivity index (χ3v) is 4.05. The number of hydrazone groups is 1. The number of halogens is 1. The van der Waals surface area contributed by atoms with E-state index in [2.05, 4.69) is 31.8 Å². The Morgan fingerprint density at radius 3 is 2.20 bits per heavy atom. The molecule has 5 nitrogen and oxygen atoms in total. The number of rotatable bonds is 6. The number of hydrogen-bond donors (Lipinski definition) is 2. The average Bonchev–Trinajstić information content (AvgIpc) is 2.60. The lowest BCUT2D eigenvalue weighted by Crippen LogP contribution is -2.21.